The summed E-state index contributed by atoms with van der Waals surface area (Å²) in [6, 6.07) is 15.8. The molecule has 2 fully saturated rings. The molecule has 6 nitrogen and oxygen atoms in total. The Morgan fingerprint density at radius 1 is 0.946 bits per heavy atom. The number of carbonyl (C=O) groups excluding carboxylic acids is 1. The Bertz CT molecular complexity index is 1210. The highest BCUT2D eigenvalue weighted by atomic mass is 16.3. The molecule has 196 valence electrons. The second kappa shape index (κ2) is 12.2. The maximum atomic E-state index is 13.9. The number of aromatic nitrogens is 1. The van der Waals surface area contributed by atoms with Crippen LogP contribution in [0.3, 0.4) is 0 Å². The van der Waals surface area contributed by atoms with Gasteiger partial charge in [0.1, 0.15) is 0 Å². The number of aliphatic hydroxyl groups is 2. The summed E-state index contributed by atoms with van der Waals surface area (Å²) >= 11 is 0. The third-order valence-corrected chi connectivity index (χ3v) is 8.25. The summed E-state index contributed by atoms with van der Waals surface area (Å²) in [6.07, 6.45) is 10.9. The number of amides is 1. The Morgan fingerprint density at radius 2 is 1.76 bits per heavy atom. The topological polar surface area (TPSA) is 76.9 Å². The molecule has 3 aromatic rings. The van der Waals surface area contributed by atoms with Crippen LogP contribution in [0, 0.1) is 5.92 Å². The number of likely N-dealkylation sites (tertiary alicyclic amines) is 1. The molecular formula is C31H39N3O3. The smallest absolute Gasteiger partial charge is 0.254 e. The lowest BCUT2D eigenvalue weighted by Crippen LogP contribution is -2.44. The fourth-order valence-corrected chi connectivity index (χ4v) is 6.18. The highest BCUT2D eigenvalue weighted by Gasteiger charge is 2.31. The van der Waals surface area contributed by atoms with Crippen LogP contribution in [-0.2, 0) is 19.8 Å². The Labute approximate surface area is 219 Å². The fraction of sp³-hybridized carbons (Fsp3) is 0.484. The first kappa shape index (κ1) is 25.8. The number of hydrogen-bond donors (Lipinski definition) is 2. The predicted octanol–water partition coefficient (Wildman–Crippen LogP) is 4.91. The van der Waals surface area contributed by atoms with Crippen molar-refractivity contribution in [3.05, 3.63) is 77.0 Å². The van der Waals surface area contributed by atoms with Crippen molar-refractivity contribution in [2.24, 2.45) is 5.92 Å². The van der Waals surface area contributed by atoms with Crippen molar-refractivity contribution < 1.29 is 15.0 Å². The summed E-state index contributed by atoms with van der Waals surface area (Å²) in [5.74, 6) is 0.734. The first-order valence-corrected chi connectivity index (χ1v) is 13.8. The lowest BCUT2D eigenvalue weighted by molar-refractivity contribution is 0.0676. The Balaban J connectivity index is 1.39. The summed E-state index contributed by atoms with van der Waals surface area (Å²) in [4.78, 5) is 23.1. The molecule has 2 aromatic carbocycles. The molecular weight excluding hydrogens is 462 g/mol. The standard InChI is InChI=1S/C31H39N3O3/c35-21-27-13-12-26(16-28(27)22-36)31(37)34(19-24-15-25-9-4-5-11-30(25)32-17-24)20-29-10-6-14-33(29)18-23-7-2-1-3-8-23/h4-5,9,11-13,15-17,23,29,35-36H,1-3,6-8,10,14,18-22H2/t29-/m0/s1. The van der Waals surface area contributed by atoms with Gasteiger partial charge < -0.3 is 15.1 Å². The van der Waals surface area contributed by atoms with E-state index in [1.807, 2.05) is 29.3 Å². The van der Waals surface area contributed by atoms with Crippen molar-refractivity contribution in [3.63, 3.8) is 0 Å². The lowest BCUT2D eigenvalue weighted by atomic mass is 9.89. The molecule has 1 aliphatic carbocycles. The second-order valence-corrected chi connectivity index (χ2v) is 10.8. The van der Waals surface area contributed by atoms with Crippen molar-refractivity contribution in [1.82, 2.24) is 14.8 Å². The number of nitrogens with zero attached hydrogens (tertiary/aromatic N) is 3. The van der Waals surface area contributed by atoms with Crippen molar-refractivity contribution >= 4 is 16.8 Å². The molecule has 0 spiro atoms. The van der Waals surface area contributed by atoms with E-state index in [4.69, 9.17) is 0 Å². The number of hydrogen-bond acceptors (Lipinski definition) is 5. The summed E-state index contributed by atoms with van der Waals surface area (Å²) in [6.45, 7) is 3.05. The van der Waals surface area contributed by atoms with E-state index in [0.717, 1.165) is 41.9 Å². The Hall–Kier alpha value is -2.80. The minimum Gasteiger partial charge on any atom is -0.392 e. The number of para-hydroxylation sites is 1. The highest BCUT2D eigenvalue weighted by Crippen LogP contribution is 2.28. The fourth-order valence-electron chi connectivity index (χ4n) is 6.18. The van der Waals surface area contributed by atoms with Gasteiger partial charge in [-0.15, -0.1) is 0 Å². The van der Waals surface area contributed by atoms with E-state index in [1.165, 1.54) is 38.5 Å². The van der Waals surface area contributed by atoms with E-state index in [0.29, 0.717) is 35.8 Å². The van der Waals surface area contributed by atoms with Gasteiger partial charge in [-0.3, -0.25) is 14.7 Å². The molecule has 0 bridgehead atoms. The maximum absolute atomic E-state index is 13.9. The monoisotopic (exact) mass is 501 g/mol. The molecule has 1 aromatic heterocycles. The number of pyridine rings is 1. The summed E-state index contributed by atoms with van der Waals surface area (Å²) in [5.41, 5.74) is 3.76. The summed E-state index contributed by atoms with van der Waals surface area (Å²) in [7, 11) is 0. The van der Waals surface area contributed by atoms with Crippen LogP contribution in [0.25, 0.3) is 10.9 Å². The van der Waals surface area contributed by atoms with Gasteiger partial charge in [-0.1, -0.05) is 43.5 Å². The number of aliphatic hydroxyl groups excluding tert-OH is 2. The highest BCUT2D eigenvalue weighted by molar-refractivity contribution is 5.94. The molecule has 1 saturated carbocycles. The maximum Gasteiger partial charge on any atom is 0.254 e. The van der Waals surface area contributed by atoms with Gasteiger partial charge in [0.15, 0.2) is 0 Å². The van der Waals surface area contributed by atoms with E-state index in [-0.39, 0.29) is 19.1 Å². The SMILES string of the molecule is O=C(c1ccc(CO)c(CO)c1)N(Cc1cnc2ccccc2c1)C[C@@H]1CCCN1CC1CCCCC1. The molecule has 6 heteroatoms. The van der Waals surface area contributed by atoms with E-state index in [9.17, 15) is 15.0 Å². The quantitative estimate of drug-likeness (QED) is 0.436. The van der Waals surface area contributed by atoms with Crippen molar-refractivity contribution in [2.75, 3.05) is 19.6 Å². The largest absolute Gasteiger partial charge is 0.392 e. The van der Waals surface area contributed by atoms with Gasteiger partial charge >= 0.3 is 0 Å². The molecule has 2 N–H and O–H groups in total. The summed E-state index contributed by atoms with van der Waals surface area (Å²) in [5, 5.41) is 20.5. The molecule has 1 amide bonds. The van der Waals surface area contributed by atoms with Gasteiger partial charge in [0.25, 0.3) is 5.91 Å². The van der Waals surface area contributed by atoms with Crippen molar-refractivity contribution in [3.8, 4) is 0 Å². The zero-order chi connectivity index (χ0) is 25.6. The predicted molar refractivity (Wildman–Crippen MR) is 146 cm³/mol. The van der Waals surface area contributed by atoms with Crippen LogP contribution in [0.4, 0.5) is 0 Å². The van der Waals surface area contributed by atoms with Gasteiger partial charge in [0.2, 0.25) is 0 Å². The molecule has 37 heavy (non-hydrogen) atoms. The average Bonchev–Trinajstić information content (AvgIpc) is 3.38. The van der Waals surface area contributed by atoms with E-state index >= 15 is 0 Å². The van der Waals surface area contributed by atoms with Crippen LogP contribution in [0.15, 0.2) is 54.7 Å². The van der Waals surface area contributed by atoms with Crippen molar-refractivity contribution in [1.29, 1.82) is 0 Å². The van der Waals surface area contributed by atoms with E-state index in [2.05, 4.69) is 22.0 Å². The molecule has 1 saturated heterocycles. The van der Waals surface area contributed by atoms with E-state index < -0.39 is 0 Å². The first-order valence-electron chi connectivity index (χ1n) is 13.8. The van der Waals surface area contributed by atoms with Crippen LogP contribution < -0.4 is 0 Å². The molecule has 0 unspecified atom stereocenters. The molecule has 1 aliphatic heterocycles. The molecule has 5 rings (SSSR count). The zero-order valence-corrected chi connectivity index (χ0v) is 21.7. The zero-order valence-electron chi connectivity index (χ0n) is 21.7. The average molecular weight is 502 g/mol. The minimum absolute atomic E-state index is 0.0446. The Morgan fingerprint density at radius 3 is 2.57 bits per heavy atom. The van der Waals surface area contributed by atoms with Gasteiger partial charge in [-0.25, -0.2) is 0 Å². The number of fused-ring (bicyclic) bond motifs is 1. The number of benzene rings is 2. The Kier molecular flexibility index (Phi) is 8.49. The van der Waals surface area contributed by atoms with Crippen LogP contribution in [-0.4, -0.2) is 56.6 Å². The van der Waals surface area contributed by atoms with Crippen molar-refractivity contribution in [2.45, 2.75) is 70.7 Å². The van der Waals surface area contributed by atoms with Crippen LogP contribution in [0.5, 0.6) is 0 Å². The number of carbonyl (C=O) groups is 1. The van der Waals surface area contributed by atoms with Crippen LogP contribution in [0.2, 0.25) is 0 Å². The van der Waals surface area contributed by atoms with Gasteiger partial charge in [0, 0.05) is 42.8 Å². The third-order valence-electron chi connectivity index (χ3n) is 8.25. The second-order valence-electron chi connectivity index (χ2n) is 10.8. The first-order chi connectivity index (χ1) is 18.1. The van der Waals surface area contributed by atoms with Gasteiger partial charge in [0.05, 0.1) is 18.7 Å². The minimum atomic E-state index is -0.205. The van der Waals surface area contributed by atoms with Crippen LogP contribution in [0.1, 0.15) is 72.0 Å². The molecule has 2 aliphatic rings. The molecule has 2 heterocycles. The lowest BCUT2D eigenvalue weighted by Gasteiger charge is -2.34. The van der Waals surface area contributed by atoms with Crippen LogP contribution >= 0.6 is 0 Å². The van der Waals surface area contributed by atoms with Gasteiger partial charge in [-0.2, -0.15) is 0 Å². The normalized spacial score (nSPS) is 18.9. The van der Waals surface area contributed by atoms with Gasteiger partial charge in [-0.05, 0) is 79.1 Å². The number of rotatable bonds is 9. The molecule has 1 atom stereocenters. The third kappa shape index (κ3) is 6.20. The molecule has 0 radical (unpaired) electrons. The summed E-state index contributed by atoms with van der Waals surface area (Å²) < 4.78 is 0. The van der Waals surface area contributed by atoms with E-state index in [1.54, 1.807) is 18.2 Å².